The molecule has 1 saturated heterocycles. The molecule has 3 nitrogen and oxygen atoms in total. The van der Waals surface area contributed by atoms with Crippen molar-refractivity contribution >= 4 is 21.8 Å². The molecule has 0 unspecified atom stereocenters. The van der Waals surface area contributed by atoms with Crippen LogP contribution in [0.2, 0.25) is 0 Å². The second-order valence-corrected chi connectivity index (χ2v) is 4.60. The third-order valence-corrected chi connectivity index (χ3v) is 2.59. The lowest BCUT2D eigenvalue weighted by Gasteiger charge is -2.13. The van der Waals surface area contributed by atoms with E-state index in [1.807, 2.05) is 0 Å². The molecule has 0 aromatic rings. The van der Waals surface area contributed by atoms with Crippen LogP contribution in [0.5, 0.6) is 0 Å². The van der Waals surface area contributed by atoms with E-state index < -0.39 is 0 Å². The third kappa shape index (κ3) is 3.12. The van der Waals surface area contributed by atoms with Gasteiger partial charge in [-0.05, 0) is 12.5 Å². The van der Waals surface area contributed by atoms with Crippen molar-refractivity contribution in [3.63, 3.8) is 0 Å². The van der Waals surface area contributed by atoms with Crippen LogP contribution in [0.1, 0.15) is 6.92 Å². The van der Waals surface area contributed by atoms with Crippen LogP contribution in [-0.2, 0) is 4.79 Å². The predicted molar refractivity (Wildman–Crippen MR) is 56.6 cm³/mol. The molecule has 0 aliphatic carbocycles. The maximum absolute atomic E-state index is 11.5. The number of rotatable bonds is 3. The highest BCUT2D eigenvalue weighted by Crippen LogP contribution is 2.15. The lowest BCUT2D eigenvalue weighted by molar-refractivity contribution is -0.125. The Morgan fingerprint density at radius 3 is 2.85 bits per heavy atom. The van der Waals surface area contributed by atoms with Gasteiger partial charge >= 0.3 is 0 Å². The number of hydrogen-bond donors (Lipinski definition) is 2. The van der Waals surface area contributed by atoms with Crippen molar-refractivity contribution in [3.8, 4) is 0 Å². The summed E-state index contributed by atoms with van der Waals surface area (Å²) in [7, 11) is 0. The fraction of sp³-hybridized carbons (Fsp3) is 0.667. The number of carbonyl (C=O) groups is 1. The highest BCUT2D eigenvalue weighted by molar-refractivity contribution is 9.11. The summed E-state index contributed by atoms with van der Waals surface area (Å²) in [6.45, 7) is 8.00. The van der Waals surface area contributed by atoms with Gasteiger partial charge in [-0.15, -0.1) is 0 Å². The molecule has 0 bridgehead atoms. The third-order valence-electron chi connectivity index (χ3n) is 2.31. The van der Waals surface area contributed by atoms with E-state index in [0.717, 1.165) is 17.6 Å². The molecule has 0 aromatic heterocycles. The summed E-state index contributed by atoms with van der Waals surface area (Å²) in [4.78, 5) is 11.5. The van der Waals surface area contributed by atoms with Gasteiger partial charge in [-0.3, -0.25) is 4.79 Å². The van der Waals surface area contributed by atoms with Crippen molar-refractivity contribution in [2.45, 2.75) is 6.92 Å². The molecule has 2 N–H and O–H groups in total. The average Bonchev–Trinajstić information content (AvgIpc) is 2.47. The topological polar surface area (TPSA) is 41.1 Å². The molecule has 0 radical (unpaired) electrons. The Morgan fingerprint density at radius 1 is 1.69 bits per heavy atom. The SMILES string of the molecule is C=C(Br)CNC(=O)[C@@H]1CNC[C@H]1C. The van der Waals surface area contributed by atoms with E-state index in [1.165, 1.54) is 0 Å². The van der Waals surface area contributed by atoms with Crippen LogP contribution in [-0.4, -0.2) is 25.5 Å². The van der Waals surface area contributed by atoms with Crippen LogP contribution < -0.4 is 10.6 Å². The minimum atomic E-state index is 0.117. The maximum atomic E-state index is 11.5. The first-order valence-electron chi connectivity index (χ1n) is 4.43. The molecule has 0 spiro atoms. The van der Waals surface area contributed by atoms with Crippen LogP contribution >= 0.6 is 15.9 Å². The summed E-state index contributed by atoms with van der Waals surface area (Å²) in [5.74, 6) is 0.675. The van der Waals surface area contributed by atoms with Gasteiger partial charge in [-0.1, -0.05) is 29.4 Å². The quantitative estimate of drug-likeness (QED) is 0.776. The Labute approximate surface area is 87.1 Å². The highest BCUT2D eigenvalue weighted by atomic mass is 79.9. The first kappa shape index (κ1) is 10.7. The minimum absolute atomic E-state index is 0.117. The van der Waals surface area contributed by atoms with Crippen LogP contribution in [0, 0.1) is 11.8 Å². The second-order valence-electron chi connectivity index (χ2n) is 3.48. The van der Waals surface area contributed by atoms with E-state index in [4.69, 9.17) is 0 Å². The summed E-state index contributed by atoms with van der Waals surface area (Å²) in [6.07, 6.45) is 0. The van der Waals surface area contributed by atoms with E-state index in [1.54, 1.807) is 0 Å². The summed E-state index contributed by atoms with van der Waals surface area (Å²) in [6, 6.07) is 0. The number of nitrogens with one attached hydrogen (secondary N) is 2. The van der Waals surface area contributed by atoms with Gasteiger partial charge in [0.15, 0.2) is 0 Å². The number of carbonyl (C=O) groups excluding carboxylic acids is 1. The smallest absolute Gasteiger partial charge is 0.224 e. The van der Waals surface area contributed by atoms with Crippen LogP contribution in [0.4, 0.5) is 0 Å². The van der Waals surface area contributed by atoms with Gasteiger partial charge in [-0.2, -0.15) is 0 Å². The first-order chi connectivity index (χ1) is 6.11. The van der Waals surface area contributed by atoms with Crippen molar-refractivity contribution in [1.29, 1.82) is 0 Å². The standard InChI is InChI=1S/C9H15BrN2O/c1-6-3-11-5-8(6)9(13)12-4-7(2)10/h6,8,11H,2-5H2,1H3,(H,12,13)/t6-,8-/m1/s1. The van der Waals surface area contributed by atoms with Crippen LogP contribution in [0.25, 0.3) is 0 Å². The van der Waals surface area contributed by atoms with E-state index in [-0.39, 0.29) is 11.8 Å². The lowest BCUT2D eigenvalue weighted by atomic mass is 9.97. The zero-order chi connectivity index (χ0) is 9.84. The molecule has 1 aliphatic rings. The lowest BCUT2D eigenvalue weighted by Crippen LogP contribution is -2.34. The molecule has 1 aliphatic heterocycles. The number of halogens is 1. The maximum Gasteiger partial charge on any atom is 0.224 e. The van der Waals surface area contributed by atoms with Gasteiger partial charge in [0.25, 0.3) is 0 Å². The highest BCUT2D eigenvalue weighted by Gasteiger charge is 2.28. The fourth-order valence-corrected chi connectivity index (χ4v) is 1.62. The molecule has 74 valence electrons. The number of amides is 1. The Hall–Kier alpha value is -0.350. The van der Waals surface area contributed by atoms with Crippen molar-refractivity contribution in [1.82, 2.24) is 10.6 Å². The van der Waals surface area contributed by atoms with E-state index in [0.29, 0.717) is 12.5 Å². The predicted octanol–water partition coefficient (Wildman–Crippen LogP) is 0.867. The zero-order valence-electron chi connectivity index (χ0n) is 7.77. The first-order valence-corrected chi connectivity index (χ1v) is 5.22. The van der Waals surface area contributed by atoms with Crippen molar-refractivity contribution in [2.24, 2.45) is 11.8 Å². The molecule has 13 heavy (non-hydrogen) atoms. The Bertz CT molecular complexity index is 218. The molecule has 1 fully saturated rings. The van der Waals surface area contributed by atoms with Crippen molar-refractivity contribution in [2.75, 3.05) is 19.6 Å². The summed E-state index contributed by atoms with van der Waals surface area (Å²) < 4.78 is 0.805. The largest absolute Gasteiger partial charge is 0.351 e. The van der Waals surface area contributed by atoms with Crippen molar-refractivity contribution in [3.05, 3.63) is 11.1 Å². The van der Waals surface area contributed by atoms with Crippen LogP contribution in [0.3, 0.4) is 0 Å². The molecular formula is C9H15BrN2O. The minimum Gasteiger partial charge on any atom is -0.351 e. The van der Waals surface area contributed by atoms with Gasteiger partial charge < -0.3 is 10.6 Å². The van der Waals surface area contributed by atoms with Gasteiger partial charge in [-0.25, -0.2) is 0 Å². The van der Waals surface area contributed by atoms with Crippen molar-refractivity contribution < 1.29 is 4.79 Å². The normalized spacial score (nSPS) is 27.2. The summed E-state index contributed by atoms with van der Waals surface area (Å²) in [5.41, 5.74) is 0. The average molecular weight is 247 g/mol. The molecule has 1 amide bonds. The molecule has 1 heterocycles. The van der Waals surface area contributed by atoms with Gasteiger partial charge in [0.1, 0.15) is 0 Å². The monoisotopic (exact) mass is 246 g/mol. The fourth-order valence-electron chi connectivity index (χ4n) is 1.48. The molecular weight excluding hydrogens is 232 g/mol. The van der Waals surface area contributed by atoms with E-state index >= 15 is 0 Å². The van der Waals surface area contributed by atoms with E-state index in [2.05, 4.69) is 40.1 Å². The van der Waals surface area contributed by atoms with Crippen LogP contribution in [0.15, 0.2) is 11.1 Å². The molecule has 1 rings (SSSR count). The van der Waals surface area contributed by atoms with Gasteiger partial charge in [0, 0.05) is 17.6 Å². The number of hydrogen-bond acceptors (Lipinski definition) is 2. The Morgan fingerprint density at radius 2 is 2.38 bits per heavy atom. The molecule has 4 heteroatoms. The molecule has 2 atom stereocenters. The van der Waals surface area contributed by atoms with Gasteiger partial charge in [0.2, 0.25) is 5.91 Å². The van der Waals surface area contributed by atoms with E-state index in [9.17, 15) is 4.79 Å². The zero-order valence-corrected chi connectivity index (χ0v) is 9.36. The second kappa shape index (κ2) is 4.77. The summed E-state index contributed by atoms with van der Waals surface area (Å²) in [5, 5.41) is 6.02. The van der Waals surface area contributed by atoms with Gasteiger partial charge in [0.05, 0.1) is 5.92 Å². The Balaban J connectivity index is 2.34. The molecule has 0 saturated carbocycles. The Kier molecular flexibility index (Phi) is 3.93. The summed E-state index contributed by atoms with van der Waals surface area (Å²) >= 11 is 3.20. The molecule has 0 aromatic carbocycles.